The van der Waals surface area contributed by atoms with Crippen molar-refractivity contribution < 1.29 is 4.43 Å². The van der Waals surface area contributed by atoms with E-state index in [1.807, 2.05) is 37.3 Å². The molecule has 0 saturated carbocycles. The summed E-state index contributed by atoms with van der Waals surface area (Å²) in [6.45, 7) is 1.84. The van der Waals surface area contributed by atoms with Gasteiger partial charge in [0.05, 0.1) is 0 Å². The van der Waals surface area contributed by atoms with Crippen LogP contribution in [0.3, 0.4) is 0 Å². The van der Waals surface area contributed by atoms with Crippen LogP contribution in [0.15, 0.2) is 36.4 Å². The van der Waals surface area contributed by atoms with Gasteiger partial charge < -0.3 is 4.43 Å². The summed E-state index contributed by atoms with van der Waals surface area (Å²) in [7, 11) is 0. The molecule has 0 unspecified atom stereocenters. The Hall–Kier alpha value is -0.153. The topological polar surface area (TPSA) is 9.23 Å². The Morgan fingerprint density at radius 3 is 2.21 bits per heavy atom. The lowest BCUT2D eigenvalue weighted by Crippen LogP contribution is -2.14. The smallest absolute Gasteiger partial charge is 0.508 e. The fourth-order valence-electron chi connectivity index (χ4n) is 1.01. The lowest BCUT2D eigenvalue weighted by Gasteiger charge is -2.14. The maximum absolute atomic E-state index is 5.66. The van der Waals surface area contributed by atoms with E-state index in [1.54, 1.807) is 6.08 Å². The van der Waals surface area contributed by atoms with E-state index in [2.05, 4.69) is 0 Å². The first-order chi connectivity index (χ1) is 6.53. The van der Waals surface area contributed by atoms with Gasteiger partial charge in [0.2, 0.25) is 0 Å². The number of benzene rings is 1. The molecule has 1 nitrogen and oxygen atoms in total. The summed E-state index contributed by atoms with van der Waals surface area (Å²) in [6.07, 6.45) is -1.29. The summed E-state index contributed by atoms with van der Waals surface area (Å²) < 4.78 is 5.27. The molecular formula is C9H9Cl3OSi. The van der Waals surface area contributed by atoms with Gasteiger partial charge in [-0.25, -0.2) is 0 Å². The molecule has 0 aliphatic rings. The van der Waals surface area contributed by atoms with Crippen molar-refractivity contribution in [3.8, 4) is 0 Å². The van der Waals surface area contributed by atoms with Crippen molar-refractivity contribution in [2.75, 3.05) is 0 Å². The third-order valence-electron chi connectivity index (χ3n) is 1.55. The largest absolute Gasteiger partial charge is 0.555 e. The minimum atomic E-state index is -3.08. The zero-order valence-electron chi connectivity index (χ0n) is 7.51. The molecule has 14 heavy (non-hydrogen) atoms. The first-order valence-corrected chi connectivity index (χ1v) is 8.95. The Balaban J connectivity index is 2.85. The molecule has 0 aliphatic carbocycles. The number of rotatable bonds is 3. The number of hydrogen-bond acceptors (Lipinski definition) is 1. The van der Waals surface area contributed by atoms with Gasteiger partial charge in [0, 0.05) is 5.56 Å². The molecule has 0 radical (unpaired) electrons. The lowest BCUT2D eigenvalue weighted by atomic mass is 10.2. The maximum atomic E-state index is 5.66. The van der Waals surface area contributed by atoms with Crippen LogP contribution >= 0.6 is 33.2 Å². The molecule has 0 N–H and O–H groups in total. The molecule has 0 heterocycles. The van der Waals surface area contributed by atoms with E-state index in [1.165, 1.54) is 0 Å². The van der Waals surface area contributed by atoms with E-state index < -0.39 is 6.25 Å². The van der Waals surface area contributed by atoms with E-state index in [4.69, 9.17) is 37.7 Å². The SMILES string of the molecule is C/C=C(/O[Si](Cl)(Cl)Cl)c1ccccc1. The van der Waals surface area contributed by atoms with E-state index in [0.717, 1.165) is 5.56 Å². The Labute approximate surface area is 98.5 Å². The summed E-state index contributed by atoms with van der Waals surface area (Å²) in [4.78, 5) is 0. The van der Waals surface area contributed by atoms with Crippen molar-refractivity contribution in [1.82, 2.24) is 0 Å². The zero-order chi connectivity index (χ0) is 10.6. The second-order valence-electron chi connectivity index (χ2n) is 2.57. The molecule has 76 valence electrons. The van der Waals surface area contributed by atoms with Gasteiger partial charge in [-0.2, -0.15) is 0 Å². The first kappa shape index (κ1) is 11.9. The van der Waals surface area contributed by atoms with Crippen LogP contribution in [0.25, 0.3) is 5.76 Å². The van der Waals surface area contributed by atoms with Crippen molar-refractivity contribution in [1.29, 1.82) is 0 Å². The van der Waals surface area contributed by atoms with Crippen LogP contribution in [0, 0.1) is 0 Å². The summed E-state index contributed by atoms with van der Waals surface area (Å²) in [6, 6.07) is 9.54. The van der Waals surface area contributed by atoms with Crippen LogP contribution in [-0.2, 0) is 4.43 Å². The van der Waals surface area contributed by atoms with E-state index in [9.17, 15) is 0 Å². The van der Waals surface area contributed by atoms with Crippen molar-refractivity contribution in [3.05, 3.63) is 42.0 Å². The molecular weight excluding hydrogens is 259 g/mol. The van der Waals surface area contributed by atoms with Gasteiger partial charge in [-0.05, 0) is 13.0 Å². The molecule has 0 amide bonds. The second-order valence-corrected chi connectivity index (χ2v) is 10.2. The third-order valence-corrected chi connectivity index (χ3v) is 2.69. The van der Waals surface area contributed by atoms with Gasteiger partial charge >= 0.3 is 6.25 Å². The number of hydrogen-bond donors (Lipinski definition) is 0. The molecule has 0 spiro atoms. The Kier molecular flexibility index (Phi) is 4.32. The summed E-state index contributed by atoms with van der Waals surface area (Å²) in [5.41, 5.74) is 0.911. The van der Waals surface area contributed by atoms with Crippen molar-refractivity contribution in [2.24, 2.45) is 0 Å². The highest BCUT2D eigenvalue weighted by atomic mass is 35.8. The molecule has 1 rings (SSSR count). The average Bonchev–Trinajstić information content (AvgIpc) is 2.14. The normalized spacial score (nSPS) is 12.7. The van der Waals surface area contributed by atoms with Gasteiger partial charge in [-0.15, -0.1) is 0 Å². The van der Waals surface area contributed by atoms with E-state index >= 15 is 0 Å². The molecule has 0 saturated heterocycles. The van der Waals surface area contributed by atoms with Crippen LogP contribution in [0.1, 0.15) is 12.5 Å². The molecule has 0 aromatic heterocycles. The zero-order valence-corrected chi connectivity index (χ0v) is 10.8. The van der Waals surface area contributed by atoms with Crippen molar-refractivity contribution in [3.63, 3.8) is 0 Å². The monoisotopic (exact) mass is 266 g/mol. The highest BCUT2D eigenvalue weighted by Gasteiger charge is 2.31. The fourth-order valence-corrected chi connectivity index (χ4v) is 2.24. The predicted molar refractivity (Wildman–Crippen MR) is 64.5 cm³/mol. The van der Waals surface area contributed by atoms with Gasteiger partial charge in [0.25, 0.3) is 0 Å². The summed E-state index contributed by atoms with van der Waals surface area (Å²) in [5.74, 6) is 0.609. The van der Waals surface area contributed by atoms with E-state index in [0.29, 0.717) is 5.76 Å². The minimum Gasteiger partial charge on any atom is -0.508 e. The van der Waals surface area contributed by atoms with Crippen LogP contribution in [0.5, 0.6) is 0 Å². The van der Waals surface area contributed by atoms with Gasteiger partial charge in [0.15, 0.2) is 0 Å². The number of halogens is 3. The van der Waals surface area contributed by atoms with Crippen LogP contribution in [0.2, 0.25) is 0 Å². The van der Waals surface area contributed by atoms with Crippen LogP contribution < -0.4 is 0 Å². The molecule has 0 atom stereocenters. The molecule has 0 aliphatic heterocycles. The average molecular weight is 268 g/mol. The van der Waals surface area contributed by atoms with Crippen LogP contribution in [-0.4, -0.2) is 6.25 Å². The van der Waals surface area contributed by atoms with Crippen LogP contribution in [0.4, 0.5) is 0 Å². The van der Waals surface area contributed by atoms with E-state index in [-0.39, 0.29) is 0 Å². The molecule has 1 aromatic carbocycles. The molecule has 0 fully saturated rings. The lowest BCUT2D eigenvalue weighted by molar-refractivity contribution is 0.551. The Morgan fingerprint density at radius 2 is 1.79 bits per heavy atom. The van der Waals surface area contributed by atoms with Gasteiger partial charge in [-0.3, -0.25) is 0 Å². The number of allylic oxidation sites excluding steroid dienone is 1. The molecule has 0 bridgehead atoms. The summed E-state index contributed by atoms with van der Waals surface area (Å²) >= 11 is 17.0. The molecule has 1 aromatic rings. The quantitative estimate of drug-likeness (QED) is 0.453. The van der Waals surface area contributed by atoms with Gasteiger partial charge in [-0.1, -0.05) is 63.6 Å². The second kappa shape index (κ2) is 5.08. The standard InChI is InChI=1S/C9H9Cl3OSi/c1-2-9(13-14(10,11)12)8-6-4-3-5-7-8/h2-7H,1H3/b9-2+. The Bertz CT molecular complexity index is 319. The van der Waals surface area contributed by atoms with Crippen molar-refractivity contribution >= 4 is 45.2 Å². The van der Waals surface area contributed by atoms with Gasteiger partial charge in [0.1, 0.15) is 5.76 Å². The third kappa shape index (κ3) is 3.92. The summed E-state index contributed by atoms with van der Waals surface area (Å²) in [5, 5.41) is 0. The predicted octanol–water partition coefficient (Wildman–Crippen LogP) is 4.22. The highest BCUT2D eigenvalue weighted by Crippen LogP contribution is 2.28. The van der Waals surface area contributed by atoms with Crippen molar-refractivity contribution in [2.45, 2.75) is 6.92 Å². The first-order valence-electron chi connectivity index (χ1n) is 4.00. The molecule has 5 heteroatoms. The fraction of sp³-hybridized carbons (Fsp3) is 0.111. The minimum absolute atomic E-state index is 0.609. The maximum Gasteiger partial charge on any atom is 0.555 e. The highest BCUT2D eigenvalue weighted by molar-refractivity contribution is 7.62. The Morgan fingerprint density at radius 1 is 1.21 bits per heavy atom.